The summed E-state index contributed by atoms with van der Waals surface area (Å²) in [5.74, 6) is 1.28. The molecule has 0 aromatic heterocycles. The molecule has 0 aromatic rings. The van der Waals surface area contributed by atoms with Crippen LogP contribution in [0.3, 0.4) is 0 Å². The normalized spacial score (nSPS) is 36.2. The molecule has 3 atom stereocenters. The lowest BCUT2D eigenvalue weighted by atomic mass is 9.67. The molecule has 24 heavy (non-hydrogen) atoms. The Morgan fingerprint density at radius 3 is 2.46 bits per heavy atom. The molecule has 0 spiro atoms. The molecule has 3 unspecified atom stereocenters. The number of amides is 2. The summed E-state index contributed by atoms with van der Waals surface area (Å²) in [4.78, 5) is 27.2. The Labute approximate surface area is 145 Å². The van der Waals surface area contributed by atoms with Gasteiger partial charge in [-0.25, -0.2) is 0 Å². The third kappa shape index (κ3) is 3.76. The van der Waals surface area contributed by atoms with E-state index in [2.05, 4.69) is 5.32 Å². The molecule has 2 amide bonds. The van der Waals surface area contributed by atoms with Crippen LogP contribution in [0.1, 0.15) is 71.1 Å². The Kier molecular flexibility index (Phi) is 5.80. The van der Waals surface area contributed by atoms with Crippen LogP contribution < -0.4 is 11.1 Å². The van der Waals surface area contributed by atoms with E-state index in [9.17, 15) is 9.59 Å². The van der Waals surface area contributed by atoms with E-state index >= 15 is 0 Å². The first-order valence-corrected chi connectivity index (χ1v) is 9.95. The lowest BCUT2D eigenvalue weighted by molar-refractivity contribution is -0.143. The topological polar surface area (TPSA) is 75.4 Å². The first kappa shape index (κ1) is 17.7. The van der Waals surface area contributed by atoms with E-state index in [-0.39, 0.29) is 23.9 Å². The molecule has 1 aliphatic heterocycles. The fourth-order valence-corrected chi connectivity index (χ4v) is 5.15. The molecule has 3 fully saturated rings. The predicted octanol–water partition coefficient (Wildman–Crippen LogP) is 2.19. The van der Waals surface area contributed by atoms with Gasteiger partial charge in [-0.05, 0) is 63.2 Å². The molecule has 1 heterocycles. The first-order chi connectivity index (χ1) is 11.6. The van der Waals surface area contributed by atoms with E-state index in [0.717, 1.165) is 45.1 Å². The van der Waals surface area contributed by atoms with Gasteiger partial charge in [-0.2, -0.15) is 0 Å². The lowest BCUT2D eigenvalue weighted by Gasteiger charge is -2.46. The van der Waals surface area contributed by atoms with Crippen LogP contribution in [0.2, 0.25) is 0 Å². The van der Waals surface area contributed by atoms with Crippen LogP contribution in [-0.4, -0.2) is 41.4 Å². The van der Waals surface area contributed by atoms with Crippen LogP contribution in [0, 0.1) is 11.8 Å². The van der Waals surface area contributed by atoms with Crippen molar-refractivity contribution in [2.75, 3.05) is 6.54 Å². The number of hydrogen-bond donors (Lipinski definition) is 2. The van der Waals surface area contributed by atoms with Crippen LogP contribution in [0.25, 0.3) is 0 Å². The van der Waals surface area contributed by atoms with Crippen molar-refractivity contribution in [2.24, 2.45) is 17.6 Å². The van der Waals surface area contributed by atoms with Gasteiger partial charge >= 0.3 is 0 Å². The Hall–Kier alpha value is -1.10. The Bertz CT molecular complexity index is 454. The number of nitrogens with zero attached hydrogens (tertiary/aromatic N) is 1. The highest BCUT2D eigenvalue weighted by Gasteiger charge is 2.41. The highest BCUT2D eigenvalue weighted by molar-refractivity contribution is 5.88. The maximum atomic E-state index is 13.0. The van der Waals surface area contributed by atoms with Crippen molar-refractivity contribution >= 4 is 11.8 Å². The number of rotatable bonds is 4. The van der Waals surface area contributed by atoms with Crippen molar-refractivity contribution in [1.29, 1.82) is 0 Å². The van der Waals surface area contributed by atoms with Crippen molar-refractivity contribution in [3.05, 3.63) is 0 Å². The molecular weight excluding hydrogens is 302 g/mol. The van der Waals surface area contributed by atoms with E-state index in [1.165, 1.54) is 19.3 Å². The van der Waals surface area contributed by atoms with Crippen molar-refractivity contribution < 1.29 is 9.59 Å². The van der Waals surface area contributed by atoms with Gasteiger partial charge in [0.05, 0.1) is 0 Å². The number of likely N-dealkylation sites (tertiary alicyclic amines) is 1. The molecule has 2 bridgehead atoms. The van der Waals surface area contributed by atoms with Crippen LogP contribution in [-0.2, 0) is 9.59 Å². The number of nitrogens with two attached hydrogens (primary N) is 1. The fourth-order valence-electron chi connectivity index (χ4n) is 5.15. The SMILES string of the molecule is CCCC(=O)N1CCCCC1C(=O)NC1C2CCCC1CC(N)C2. The average Bonchev–Trinajstić information content (AvgIpc) is 2.56. The van der Waals surface area contributed by atoms with E-state index in [1.54, 1.807) is 0 Å². The summed E-state index contributed by atoms with van der Waals surface area (Å²) in [5, 5.41) is 3.35. The van der Waals surface area contributed by atoms with Crippen LogP contribution >= 0.6 is 0 Å². The van der Waals surface area contributed by atoms with Crippen molar-refractivity contribution in [3.8, 4) is 0 Å². The maximum Gasteiger partial charge on any atom is 0.243 e. The summed E-state index contributed by atoms with van der Waals surface area (Å²) in [7, 11) is 0. The molecule has 136 valence electrons. The van der Waals surface area contributed by atoms with Crippen LogP contribution in [0.5, 0.6) is 0 Å². The molecule has 0 radical (unpaired) electrons. The molecule has 3 N–H and O–H groups in total. The van der Waals surface area contributed by atoms with Gasteiger partial charge in [0.15, 0.2) is 0 Å². The van der Waals surface area contributed by atoms with Gasteiger partial charge in [0, 0.05) is 25.0 Å². The third-order valence-corrected chi connectivity index (χ3v) is 6.28. The van der Waals surface area contributed by atoms with E-state index < -0.39 is 0 Å². The van der Waals surface area contributed by atoms with E-state index in [4.69, 9.17) is 5.73 Å². The molecule has 2 aliphatic carbocycles. The number of fused-ring (bicyclic) bond motifs is 2. The summed E-state index contributed by atoms with van der Waals surface area (Å²) in [6, 6.07) is 0.316. The van der Waals surface area contributed by atoms with Gasteiger partial charge in [-0.1, -0.05) is 13.3 Å². The molecular formula is C19H33N3O2. The standard InChI is InChI=1S/C19H33N3O2/c1-2-6-17(23)22-10-4-3-9-16(22)19(24)21-18-13-7-5-8-14(18)12-15(20)11-13/h13-16,18H,2-12,20H2,1H3,(H,21,24). The summed E-state index contributed by atoms with van der Waals surface area (Å²) in [6.45, 7) is 2.75. The van der Waals surface area contributed by atoms with Crippen LogP contribution in [0.4, 0.5) is 0 Å². The maximum absolute atomic E-state index is 13.0. The molecule has 3 aliphatic rings. The van der Waals surface area contributed by atoms with Gasteiger partial charge in [0.25, 0.3) is 0 Å². The molecule has 3 rings (SSSR count). The lowest BCUT2D eigenvalue weighted by Crippen LogP contribution is -2.59. The Morgan fingerprint density at radius 2 is 1.79 bits per heavy atom. The predicted molar refractivity (Wildman–Crippen MR) is 94.2 cm³/mol. The molecule has 0 aromatic carbocycles. The zero-order valence-electron chi connectivity index (χ0n) is 15.0. The second kappa shape index (κ2) is 7.85. The van der Waals surface area contributed by atoms with Crippen LogP contribution in [0.15, 0.2) is 0 Å². The van der Waals surface area contributed by atoms with E-state index in [0.29, 0.717) is 24.3 Å². The highest BCUT2D eigenvalue weighted by atomic mass is 16.2. The largest absolute Gasteiger partial charge is 0.351 e. The minimum absolute atomic E-state index is 0.0801. The summed E-state index contributed by atoms with van der Waals surface area (Å²) >= 11 is 0. The molecule has 1 saturated heterocycles. The summed E-state index contributed by atoms with van der Waals surface area (Å²) < 4.78 is 0. The Balaban J connectivity index is 1.65. The smallest absolute Gasteiger partial charge is 0.243 e. The number of hydrogen-bond acceptors (Lipinski definition) is 3. The van der Waals surface area contributed by atoms with Gasteiger partial charge in [-0.3, -0.25) is 9.59 Å². The molecule has 2 saturated carbocycles. The Morgan fingerprint density at radius 1 is 1.08 bits per heavy atom. The minimum Gasteiger partial charge on any atom is -0.351 e. The second-order valence-electron chi connectivity index (χ2n) is 8.07. The van der Waals surface area contributed by atoms with Gasteiger partial charge in [0.2, 0.25) is 11.8 Å². The van der Waals surface area contributed by atoms with E-state index in [1.807, 2.05) is 11.8 Å². The zero-order valence-corrected chi connectivity index (χ0v) is 15.0. The average molecular weight is 335 g/mol. The third-order valence-electron chi connectivity index (χ3n) is 6.28. The monoisotopic (exact) mass is 335 g/mol. The van der Waals surface area contributed by atoms with Gasteiger partial charge < -0.3 is 16.0 Å². The first-order valence-electron chi connectivity index (χ1n) is 9.95. The quantitative estimate of drug-likeness (QED) is 0.827. The molecule has 5 nitrogen and oxygen atoms in total. The van der Waals surface area contributed by atoms with Crippen molar-refractivity contribution in [2.45, 2.75) is 89.3 Å². The summed E-state index contributed by atoms with van der Waals surface area (Å²) in [5.41, 5.74) is 6.19. The zero-order chi connectivity index (χ0) is 17.1. The second-order valence-corrected chi connectivity index (χ2v) is 8.07. The number of carbonyl (C=O) groups is 2. The van der Waals surface area contributed by atoms with Gasteiger partial charge in [-0.15, -0.1) is 0 Å². The van der Waals surface area contributed by atoms with Crippen molar-refractivity contribution in [1.82, 2.24) is 10.2 Å². The van der Waals surface area contributed by atoms with Gasteiger partial charge in [0.1, 0.15) is 6.04 Å². The summed E-state index contributed by atoms with van der Waals surface area (Å²) in [6.07, 6.45) is 9.94. The number of carbonyl (C=O) groups excluding carboxylic acids is 2. The number of nitrogens with one attached hydrogen (secondary N) is 1. The van der Waals surface area contributed by atoms with Crippen molar-refractivity contribution in [3.63, 3.8) is 0 Å². The minimum atomic E-state index is -0.255. The fraction of sp³-hybridized carbons (Fsp3) is 0.895. The highest BCUT2D eigenvalue weighted by Crippen LogP contribution is 2.39. The molecule has 5 heteroatoms. The number of piperidine rings is 1.